The molecule has 129 valence electrons. The predicted octanol–water partition coefficient (Wildman–Crippen LogP) is -0.288. The number of likely N-dealkylation sites (tertiary alicyclic amines) is 1. The molecule has 2 aliphatic rings. The second-order valence-electron chi connectivity index (χ2n) is 6.32. The van der Waals surface area contributed by atoms with E-state index in [1.54, 1.807) is 11.8 Å². The van der Waals surface area contributed by atoms with Crippen LogP contribution in [-0.4, -0.2) is 73.8 Å². The Kier molecular flexibility index (Phi) is 6.61. The van der Waals surface area contributed by atoms with Crippen LogP contribution in [0.25, 0.3) is 0 Å². The average molecular weight is 420 g/mol. The Morgan fingerprint density at radius 2 is 2.00 bits per heavy atom. The largest absolute Gasteiger partial charge is 0.490 e. The van der Waals surface area contributed by atoms with Crippen molar-refractivity contribution < 1.29 is 52.1 Å². The molecule has 0 unspecified atom stereocenters. The predicted molar refractivity (Wildman–Crippen MR) is 81.7 cm³/mol. The van der Waals surface area contributed by atoms with Gasteiger partial charge in [0.2, 0.25) is 22.3 Å². The molecule has 1 radical (unpaired) electrons. The molecule has 0 bridgehead atoms. The molecule has 2 aliphatic heterocycles. The van der Waals surface area contributed by atoms with Crippen LogP contribution in [0.3, 0.4) is 0 Å². The maximum atomic E-state index is 12.3. The SMILES string of the molecule is [3H]C(=O)N1CCC([CH2-])(CN2C(=O)CN(S(C)(=O)=O)C[C-]2C)CC1.[Y]. The molecular formula is C14H23N3O4SY-2. The molecule has 0 aromatic rings. The minimum absolute atomic E-state index is 0. The summed E-state index contributed by atoms with van der Waals surface area (Å²) in [7, 11) is -3.40. The molecule has 7 nitrogen and oxygen atoms in total. The molecule has 2 saturated heterocycles. The van der Waals surface area contributed by atoms with E-state index in [0.29, 0.717) is 38.5 Å². The van der Waals surface area contributed by atoms with Gasteiger partial charge in [0.1, 0.15) is 1.37 Å². The normalized spacial score (nSPS) is 24.1. The molecule has 2 amide bonds. The first-order valence-corrected chi connectivity index (χ1v) is 9.05. The van der Waals surface area contributed by atoms with E-state index < -0.39 is 16.4 Å². The third-order valence-corrected chi connectivity index (χ3v) is 5.59. The molecule has 0 aromatic heterocycles. The minimum Gasteiger partial charge on any atom is -0.490 e. The average Bonchev–Trinajstić information content (AvgIpc) is 2.42. The molecule has 0 aliphatic carbocycles. The number of nitrogens with zero attached hydrogens (tertiary/aromatic N) is 3. The molecule has 2 heterocycles. The molecule has 23 heavy (non-hydrogen) atoms. The number of amides is 2. The van der Waals surface area contributed by atoms with Crippen molar-refractivity contribution in [3.63, 3.8) is 0 Å². The van der Waals surface area contributed by atoms with Crippen molar-refractivity contribution in [2.75, 3.05) is 39.0 Å². The van der Waals surface area contributed by atoms with Gasteiger partial charge in [-0.25, -0.2) is 18.8 Å². The van der Waals surface area contributed by atoms with Crippen molar-refractivity contribution in [1.82, 2.24) is 14.1 Å². The second kappa shape index (κ2) is 7.89. The number of carbonyl (C=O) groups is 2. The number of hydrogen-bond donors (Lipinski definition) is 0. The first kappa shape index (κ1) is 19.3. The maximum absolute atomic E-state index is 12.3. The number of carbonyl (C=O) groups excluding carboxylic acids is 2. The number of sulfonamides is 1. The van der Waals surface area contributed by atoms with E-state index in [4.69, 9.17) is 1.37 Å². The molecule has 2 rings (SSSR count). The number of piperidine rings is 1. The number of rotatable bonds is 3. The van der Waals surface area contributed by atoms with E-state index >= 15 is 0 Å². The smallest absolute Gasteiger partial charge is 0.209 e. The summed E-state index contributed by atoms with van der Waals surface area (Å²) in [6, 6.07) is 0.689. The summed E-state index contributed by atoms with van der Waals surface area (Å²) in [5.74, 6) is -0.249. The summed E-state index contributed by atoms with van der Waals surface area (Å²) in [5.41, 5.74) is -0.379. The zero-order valence-electron chi connectivity index (χ0n) is 14.6. The van der Waals surface area contributed by atoms with Crippen LogP contribution in [0, 0.1) is 18.4 Å². The zero-order chi connectivity index (χ0) is 17.4. The molecule has 0 spiro atoms. The first-order valence-electron chi connectivity index (χ1n) is 7.71. The van der Waals surface area contributed by atoms with Crippen LogP contribution in [0.15, 0.2) is 0 Å². The standard InChI is InChI=1S/C14H23N3O4S.Y/c1-12-8-16(22(3,20)21)9-13(19)17(12)10-14(2)4-6-15(11-18)7-5-14;/h11H,2,4-10H2,1,3H3;/q-2;/i11T;. The van der Waals surface area contributed by atoms with E-state index in [1.165, 1.54) is 4.90 Å². The Morgan fingerprint density at radius 3 is 2.43 bits per heavy atom. The van der Waals surface area contributed by atoms with Gasteiger partial charge in [-0.15, -0.1) is 5.41 Å². The quantitative estimate of drug-likeness (QED) is 0.465. The fourth-order valence-corrected chi connectivity index (χ4v) is 3.64. The third-order valence-electron chi connectivity index (χ3n) is 4.39. The Hall–Kier alpha value is -0.0461. The Balaban J connectivity index is 0.00000288. The molecule has 2 fully saturated rings. The van der Waals surface area contributed by atoms with Gasteiger partial charge in [0.05, 0.1) is 12.8 Å². The molecule has 9 heteroatoms. The van der Waals surface area contributed by atoms with Gasteiger partial charge in [-0.05, 0) is 6.54 Å². The van der Waals surface area contributed by atoms with Crippen LogP contribution in [0.2, 0.25) is 0 Å². The van der Waals surface area contributed by atoms with Gasteiger partial charge < -0.3 is 16.7 Å². The van der Waals surface area contributed by atoms with Crippen molar-refractivity contribution in [3.8, 4) is 0 Å². The van der Waals surface area contributed by atoms with Gasteiger partial charge in [-0.2, -0.15) is 6.92 Å². The van der Waals surface area contributed by atoms with E-state index in [9.17, 15) is 18.0 Å². The zero-order valence-corrected chi connectivity index (χ0v) is 17.3. The fraction of sp³-hybridized carbons (Fsp3) is 0.714. The summed E-state index contributed by atoms with van der Waals surface area (Å²) in [4.78, 5) is 26.5. The molecule has 0 aromatic carbocycles. The summed E-state index contributed by atoms with van der Waals surface area (Å²) in [6.45, 7) is 7.36. The Morgan fingerprint density at radius 1 is 1.43 bits per heavy atom. The third kappa shape index (κ3) is 5.21. The Bertz CT molecular complexity index is 593. The summed E-state index contributed by atoms with van der Waals surface area (Å²) in [6.07, 6.45) is 1.64. The topological polar surface area (TPSA) is 78.0 Å². The summed E-state index contributed by atoms with van der Waals surface area (Å²) >= 11 is 0. The molecule has 0 atom stereocenters. The van der Waals surface area contributed by atoms with Gasteiger partial charge in [-0.1, -0.05) is 19.4 Å². The monoisotopic (exact) mass is 420 g/mol. The van der Waals surface area contributed by atoms with Gasteiger partial charge in [-0.3, -0.25) is 9.59 Å². The van der Waals surface area contributed by atoms with Gasteiger partial charge >= 0.3 is 0 Å². The number of hydrogen-bond acceptors (Lipinski definition) is 4. The van der Waals surface area contributed by atoms with E-state index in [2.05, 4.69) is 6.92 Å². The van der Waals surface area contributed by atoms with Gasteiger partial charge in [0.15, 0.2) is 0 Å². The van der Waals surface area contributed by atoms with Crippen molar-refractivity contribution in [2.24, 2.45) is 5.41 Å². The van der Waals surface area contributed by atoms with Crippen LogP contribution in [-0.2, 0) is 52.3 Å². The van der Waals surface area contributed by atoms with E-state index in [1.807, 2.05) is 0 Å². The summed E-state index contributed by atoms with van der Waals surface area (Å²) < 4.78 is 31.5. The first-order chi connectivity index (χ1) is 10.5. The fourth-order valence-electron chi connectivity index (χ4n) is 2.87. The maximum Gasteiger partial charge on any atom is 0.209 e. The van der Waals surface area contributed by atoms with Crippen LogP contribution in [0.5, 0.6) is 0 Å². The van der Waals surface area contributed by atoms with Crippen LogP contribution >= 0.6 is 0 Å². The summed E-state index contributed by atoms with van der Waals surface area (Å²) in [5, 5.41) is 0. The molecule has 0 N–H and O–H groups in total. The van der Waals surface area contributed by atoms with Crippen molar-refractivity contribution in [1.29, 1.82) is 0 Å². The number of piperazine rings is 1. The van der Waals surface area contributed by atoms with Crippen LogP contribution in [0.1, 0.15) is 21.1 Å². The van der Waals surface area contributed by atoms with Crippen molar-refractivity contribution >= 4 is 22.3 Å². The molecule has 0 saturated carbocycles. The van der Waals surface area contributed by atoms with Crippen LogP contribution in [0.4, 0.5) is 0 Å². The minimum atomic E-state index is -3.40. The van der Waals surface area contributed by atoms with E-state index in [0.717, 1.165) is 10.6 Å². The molecular weight excluding hydrogens is 395 g/mol. The Labute approximate surface area is 165 Å². The van der Waals surface area contributed by atoms with Crippen molar-refractivity contribution in [2.45, 2.75) is 19.8 Å². The van der Waals surface area contributed by atoms with Crippen LogP contribution < -0.4 is 0 Å². The van der Waals surface area contributed by atoms with Gasteiger partial charge in [0, 0.05) is 45.8 Å². The second-order valence-corrected chi connectivity index (χ2v) is 8.31. The van der Waals surface area contributed by atoms with Crippen molar-refractivity contribution in [3.05, 3.63) is 13.0 Å². The van der Waals surface area contributed by atoms with E-state index in [-0.39, 0.29) is 57.1 Å². The van der Waals surface area contributed by atoms with Gasteiger partial charge in [0.25, 0.3) is 0 Å².